The van der Waals surface area contributed by atoms with E-state index in [1.807, 2.05) is 49.4 Å². The Hall–Kier alpha value is -2.81. The highest BCUT2D eigenvalue weighted by Gasteiger charge is 2.03. The number of allylic oxidation sites excluding steroid dienone is 3. The van der Waals surface area contributed by atoms with Gasteiger partial charge in [0.25, 0.3) is 0 Å². The molecule has 2 aromatic carbocycles. The van der Waals surface area contributed by atoms with Crippen molar-refractivity contribution >= 4 is 5.97 Å². The van der Waals surface area contributed by atoms with Crippen molar-refractivity contribution in [1.82, 2.24) is 0 Å². The van der Waals surface area contributed by atoms with E-state index in [0.29, 0.717) is 5.75 Å². The molecule has 0 fully saturated rings. The second-order valence-electron chi connectivity index (χ2n) is 5.91. The Kier molecular flexibility index (Phi) is 8.20. The zero-order valence-electron chi connectivity index (χ0n) is 15.5. The molecule has 0 N–H and O–H groups in total. The Balaban J connectivity index is 1.92. The Labute approximate surface area is 156 Å². The summed E-state index contributed by atoms with van der Waals surface area (Å²) < 4.78 is 11.0. The summed E-state index contributed by atoms with van der Waals surface area (Å²) in [6, 6.07) is 15.5. The van der Waals surface area contributed by atoms with E-state index in [4.69, 9.17) is 9.47 Å². The van der Waals surface area contributed by atoms with Gasteiger partial charge < -0.3 is 9.47 Å². The minimum Gasteiger partial charge on any atom is -0.494 e. The number of benzene rings is 2. The summed E-state index contributed by atoms with van der Waals surface area (Å²) in [6.45, 7) is 4.83. The van der Waals surface area contributed by atoms with Crippen molar-refractivity contribution in [3.8, 4) is 22.6 Å². The van der Waals surface area contributed by atoms with Gasteiger partial charge in [0.2, 0.25) is 0 Å². The second kappa shape index (κ2) is 10.9. The number of rotatable bonds is 9. The molecule has 0 aliphatic heterocycles. The van der Waals surface area contributed by atoms with E-state index in [-0.39, 0.29) is 5.97 Å². The van der Waals surface area contributed by atoms with Crippen LogP contribution in [0.15, 0.2) is 72.8 Å². The van der Waals surface area contributed by atoms with Crippen molar-refractivity contribution < 1.29 is 14.3 Å². The van der Waals surface area contributed by atoms with Crippen LogP contribution in [-0.2, 0) is 4.79 Å². The molecule has 3 heteroatoms. The van der Waals surface area contributed by atoms with Crippen molar-refractivity contribution in [2.24, 2.45) is 0 Å². The number of ether oxygens (including phenoxy) is 2. The lowest BCUT2D eigenvalue weighted by molar-refractivity contribution is -0.128. The monoisotopic (exact) mass is 350 g/mol. The van der Waals surface area contributed by atoms with Gasteiger partial charge in [0.05, 0.1) is 6.61 Å². The number of hydrogen-bond donors (Lipinski definition) is 0. The van der Waals surface area contributed by atoms with E-state index >= 15 is 0 Å². The molecular weight excluding hydrogens is 324 g/mol. The maximum Gasteiger partial charge on any atom is 0.336 e. The fourth-order valence-corrected chi connectivity index (χ4v) is 2.40. The van der Waals surface area contributed by atoms with Crippen LogP contribution in [0.2, 0.25) is 0 Å². The minimum absolute atomic E-state index is 0.388. The van der Waals surface area contributed by atoms with Crippen LogP contribution in [0.3, 0.4) is 0 Å². The highest BCUT2D eigenvalue weighted by molar-refractivity contribution is 5.84. The molecule has 136 valence electrons. The molecule has 0 saturated heterocycles. The Bertz CT molecular complexity index is 725. The van der Waals surface area contributed by atoms with E-state index in [0.717, 1.165) is 29.9 Å². The molecule has 2 aromatic rings. The third-order valence-electron chi connectivity index (χ3n) is 3.81. The number of carbonyl (C=O) groups excluding carboxylic acids is 1. The molecule has 3 nitrogen and oxygen atoms in total. The molecule has 0 radical (unpaired) electrons. The first-order valence-corrected chi connectivity index (χ1v) is 9.07. The van der Waals surface area contributed by atoms with E-state index < -0.39 is 0 Å². The van der Waals surface area contributed by atoms with Crippen LogP contribution in [0, 0.1) is 0 Å². The smallest absolute Gasteiger partial charge is 0.336 e. The fraction of sp³-hybridized carbons (Fsp3) is 0.261. The van der Waals surface area contributed by atoms with Crippen molar-refractivity contribution in [2.45, 2.75) is 33.1 Å². The molecule has 0 spiro atoms. The predicted octanol–water partition coefficient (Wildman–Crippen LogP) is 5.96. The van der Waals surface area contributed by atoms with E-state index in [9.17, 15) is 4.79 Å². The number of carbonyl (C=O) groups is 1. The number of unbranched alkanes of at least 4 members (excludes halogenated alkanes) is 2. The molecule has 0 aliphatic rings. The van der Waals surface area contributed by atoms with Crippen LogP contribution in [0.4, 0.5) is 0 Å². The molecule has 0 atom stereocenters. The van der Waals surface area contributed by atoms with Gasteiger partial charge in [-0.05, 0) is 48.7 Å². The van der Waals surface area contributed by atoms with E-state index in [2.05, 4.69) is 6.92 Å². The minimum atomic E-state index is -0.388. The summed E-state index contributed by atoms with van der Waals surface area (Å²) in [5.41, 5.74) is 2.16. The van der Waals surface area contributed by atoms with Crippen LogP contribution in [0.1, 0.15) is 33.1 Å². The molecule has 26 heavy (non-hydrogen) atoms. The Morgan fingerprint density at radius 1 is 0.885 bits per heavy atom. The van der Waals surface area contributed by atoms with Gasteiger partial charge in [-0.2, -0.15) is 0 Å². The summed E-state index contributed by atoms with van der Waals surface area (Å²) in [5, 5.41) is 0. The topological polar surface area (TPSA) is 35.5 Å². The summed E-state index contributed by atoms with van der Waals surface area (Å²) in [7, 11) is 0. The second-order valence-corrected chi connectivity index (χ2v) is 5.91. The van der Waals surface area contributed by atoms with Crippen molar-refractivity contribution in [3.05, 3.63) is 72.8 Å². The first-order valence-electron chi connectivity index (χ1n) is 9.07. The maximum absolute atomic E-state index is 11.7. The lowest BCUT2D eigenvalue weighted by atomic mass is 10.1. The van der Waals surface area contributed by atoms with Crippen LogP contribution in [-0.4, -0.2) is 12.6 Å². The van der Waals surface area contributed by atoms with Gasteiger partial charge in [0.15, 0.2) is 0 Å². The fourth-order valence-electron chi connectivity index (χ4n) is 2.40. The van der Waals surface area contributed by atoms with Gasteiger partial charge in [-0.15, -0.1) is 0 Å². The van der Waals surface area contributed by atoms with Gasteiger partial charge in [0.1, 0.15) is 11.5 Å². The Morgan fingerprint density at radius 3 is 2.08 bits per heavy atom. The molecular formula is C23H26O3. The van der Waals surface area contributed by atoms with Crippen molar-refractivity contribution in [1.29, 1.82) is 0 Å². The quantitative estimate of drug-likeness (QED) is 0.184. The molecule has 0 unspecified atom stereocenters. The van der Waals surface area contributed by atoms with Crippen LogP contribution >= 0.6 is 0 Å². The van der Waals surface area contributed by atoms with Gasteiger partial charge >= 0.3 is 5.97 Å². The van der Waals surface area contributed by atoms with Crippen LogP contribution in [0.25, 0.3) is 11.1 Å². The average molecular weight is 350 g/mol. The standard InChI is InChI=1S/C23H26O3/c1-3-5-7-9-23(24)26-22-16-12-20(13-17-22)19-10-14-21(15-11-19)25-18-8-6-4-2/h3,5,7,9-17H,4,6,8,18H2,1-2H3/b5-3+,9-7+. The molecule has 2 rings (SSSR count). The van der Waals surface area contributed by atoms with E-state index in [1.165, 1.54) is 18.9 Å². The average Bonchev–Trinajstić information content (AvgIpc) is 2.67. The highest BCUT2D eigenvalue weighted by atomic mass is 16.5. The van der Waals surface area contributed by atoms with Crippen LogP contribution < -0.4 is 9.47 Å². The van der Waals surface area contributed by atoms with Gasteiger partial charge in [0, 0.05) is 6.08 Å². The largest absolute Gasteiger partial charge is 0.494 e. The Morgan fingerprint density at radius 2 is 1.50 bits per heavy atom. The highest BCUT2D eigenvalue weighted by Crippen LogP contribution is 2.25. The SMILES string of the molecule is C/C=C/C=C/C(=O)Oc1ccc(-c2ccc(OCCCCC)cc2)cc1. The third-order valence-corrected chi connectivity index (χ3v) is 3.81. The molecule has 0 amide bonds. The maximum atomic E-state index is 11.7. The number of hydrogen-bond acceptors (Lipinski definition) is 3. The summed E-state index contributed by atoms with van der Waals surface area (Å²) in [6.07, 6.45) is 10.2. The van der Waals surface area contributed by atoms with E-state index in [1.54, 1.807) is 24.3 Å². The van der Waals surface area contributed by atoms with Crippen LogP contribution in [0.5, 0.6) is 11.5 Å². The molecule has 0 heterocycles. The number of esters is 1. The predicted molar refractivity (Wildman–Crippen MR) is 106 cm³/mol. The van der Waals surface area contributed by atoms with Gasteiger partial charge in [-0.3, -0.25) is 0 Å². The summed E-state index contributed by atoms with van der Waals surface area (Å²) >= 11 is 0. The molecule has 0 aliphatic carbocycles. The lowest BCUT2D eigenvalue weighted by Gasteiger charge is -2.08. The first-order chi connectivity index (χ1) is 12.7. The molecule has 0 saturated carbocycles. The molecule has 0 aromatic heterocycles. The zero-order chi connectivity index (χ0) is 18.6. The summed E-state index contributed by atoms with van der Waals surface area (Å²) in [5.74, 6) is 1.03. The van der Waals surface area contributed by atoms with Crippen molar-refractivity contribution in [3.63, 3.8) is 0 Å². The summed E-state index contributed by atoms with van der Waals surface area (Å²) in [4.78, 5) is 11.7. The molecule has 0 bridgehead atoms. The van der Waals surface area contributed by atoms with Gasteiger partial charge in [-0.25, -0.2) is 4.79 Å². The normalized spacial score (nSPS) is 11.2. The van der Waals surface area contributed by atoms with Gasteiger partial charge in [-0.1, -0.05) is 62.3 Å². The zero-order valence-corrected chi connectivity index (χ0v) is 15.5. The third kappa shape index (κ3) is 6.60. The lowest BCUT2D eigenvalue weighted by Crippen LogP contribution is -2.03. The first kappa shape index (κ1) is 19.5. The van der Waals surface area contributed by atoms with Crippen molar-refractivity contribution in [2.75, 3.05) is 6.61 Å².